The van der Waals surface area contributed by atoms with Crippen molar-refractivity contribution in [2.24, 2.45) is 11.8 Å². The number of carbonyl (C=O) groups is 4. The first-order chi connectivity index (χ1) is 46.6. The third kappa shape index (κ3) is 17.9. The van der Waals surface area contributed by atoms with Crippen LogP contribution < -0.4 is 0 Å². The number of carbonyl (C=O) groups excluding carboxylic acids is 4. The Kier molecular flexibility index (Phi) is 27.7. The molecule has 0 aliphatic carbocycles. The molecule has 5 aromatic heterocycles. The van der Waals surface area contributed by atoms with Gasteiger partial charge in [-0.3, -0.25) is 0 Å². The standard InChI is InChI=1S/C84H114N4O6Se/c1-7-11-15-19-23-27-29-33-37-41-44-61(43-39-35-31-25-21-17-13-9-3)57-87-81(89)64-53-59(5)73-77-74(64)66(83(87)91)56-86-80(77)76-63(68-49-50-70(94-68)72-52-51-71(95-72)69-48-47-60(6)93-69)54-65-75-67(55-85-79(73)78(75)76)84(92)88(82(65)90)58-62(45-40-36-32-26-22-18-14-10-4)46-42-38-34-30-28-24-20-16-12-8-2/h47-56,61-62H,7-46,57-58H2,1-6H3. The normalized spacial score (nSPS) is 14.0. The number of aromatic nitrogens is 2. The summed E-state index contributed by atoms with van der Waals surface area (Å²) in [6.45, 7) is 13.8. The van der Waals surface area contributed by atoms with Gasteiger partial charge in [-0.05, 0) is 18.8 Å². The van der Waals surface area contributed by atoms with E-state index in [1.54, 1.807) is 22.2 Å². The van der Waals surface area contributed by atoms with Crippen molar-refractivity contribution in [1.82, 2.24) is 19.8 Å². The molecule has 10 nitrogen and oxygen atoms in total. The van der Waals surface area contributed by atoms with Crippen LogP contribution in [0.15, 0.2) is 69.8 Å². The number of benzene rings is 3. The number of amides is 4. The fourth-order valence-corrected chi connectivity index (χ4v) is 17.8. The second-order valence-electron chi connectivity index (χ2n) is 28.9. The molecule has 10 rings (SSSR count). The minimum absolute atomic E-state index is 0.0946. The Morgan fingerprint density at radius 1 is 0.347 bits per heavy atom. The number of nitrogens with zero attached hydrogens (tertiary/aromatic N) is 4. The zero-order chi connectivity index (χ0) is 66.5. The number of aryl methyl sites for hydroxylation is 2. The van der Waals surface area contributed by atoms with Crippen molar-refractivity contribution >= 4 is 81.5 Å². The summed E-state index contributed by atoms with van der Waals surface area (Å²) in [5.41, 5.74) is 4.47. The van der Waals surface area contributed by atoms with E-state index in [0.717, 1.165) is 94.9 Å². The van der Waals surface area contributed by atoms with Crippen molar-refractivity contribution in [3.63, 3.8) is 0 Å². The van der Waals surface area contributed by atoms with Crippen LogP contribution in [-0.4, -0.2) is 71.0 Å². The van der Waals surface area contributed by atoms with E-state index in [2.05, 4.69) is 39.8 Å². The topological polar surface area (TPSA) is 127 Å². The van der Waals surface area contributed by atoms with Gasteiger partial charge in [0.1, 0.15) is 0 Å². The maximum atomic E-state index is 15.7. The van der Waals surface area contributed by atoms with E-state index in [-0.39, 0.29) is 50.0 Å². The number of hydrogen-bond donors (Lipinski definition) is 0. The first kappa shape index (κ1) is 71.9. The van der Waals surface area contributed by atoms with Crippen molar-refractivity contribution in [3.8, 4) is 31.7 Å². The fourth-order valence-electron chi connectivity index (χ4n) is 15.9. The molecule has 2 unspecified atom stereocenters. The molecule has 11 heteroatoms. The van der Waals surface area contributed by atoms with Crippen molar-refractivity contribution in [1.29, 1.82) is 0 Å². The summed E-state index contributed by atoms with van der Waals surface area (Å²) >= 11 is -0.0946. The van der Waals surface area contributed by atoms with Gasteiger partial charge in [0.25, 0.3) is 0 Å². The molecule has 8 aromatic rings. The van der Waals surface area contributed by atoms with Crippen molar-refractivity contribution < 1.29 is 28.0 Å². The third-order valence-electron chi connectivity index (χ3n) is 21.3. The van der Waals surface area contributed by atoms with Gasteiger partial charge in [-0.2, -0.15) is 0 Å². The molecule has 0 radical (unpaired) electrons. The predicted octanol–water partition coefficient (Wildman–Crippen LogP) is 24.5. The second kappa shape index (κ2) is 36.6. The SMILES string of the molecule is CCCCCCCCCCCCC(CCCCCCCCCC)CN1C(=O)c2cnc3c4c(-c5ccc(-c6ccc(-c7ccc(C)o7)[se]6)o5)cc5c6c(cnc(c7c(C)cc(c2c37)C1=O)c64)C(=O)N(CC(CCCCCCCCCC)CCCCCCCCCCCC)C5=O. The van der Waals surface area contributed by atoms with E-state index in [1.165, 1.54) is 199 Å². The quantitative estimate of drug-likeness (QED) is 0.0121. The van der Waals surface area contributed by atoms with Gasteiger partial charge in [0.15, 0.2) is 0 Å². The van der Waals surface area contributed by atoms with Crippen LogP contribution in [0.4, 0.5) is 0 Å². The monoisotopic (exact) mass is 1350 g/mol. The van der Waals surface area contributed by atoms with E-state index in [4.69, 9.17) is 18.8 Å². The number of fused-ring (bicyclic) bond motifs is 2. The van der Waals surface area contributed by atoms with E-state index >= 15 is 19.2 Å². The summed E-state index contributed by atoms with van der Waals surface area (Å²) in [5.74, 6) is 2.25. The van der Waals surface area contributed by atoms with Gasteiger partial charge in [-0.25, -0.2) is 0 Å². The number of furan rings is 2. The van der Waals surface area contributed by atoms with Crippen LogP contribution in [0.3, 0.4) is 0 Å². The number of hydrogen-bond acceptors (Lipinski definition) is 8. The molecule has 0 saturated heterocycles. The molecule has 2 aliphatic heterocycles. The molecule has 0 fully saturated rings. The number of rotatable bonds is 47. The van der Waals surface area contributed by atoms with Gasteiger partial charge in [0.05, 0.1) is 0 Å². The third-order valence-corrected chi connectivity index (χ3v) is 23.7. The first-order valence-electron chi connectivity index (χ1n) is 38.5. The Morgan fingerprint density at radius 3 is 1.08 bits per heavy atom. The minimum atomic E-state index is -0.305. The molecule has 0 N–H and O–H groups in total. The van der Waals surface area contributed by atoms with E-state index in [1.807, 2.05) is 50.2 Å². The van der Waals surface area contributed by atoms with Crippen molar-refractivity contribution in [2.45, 2.75) is 298 Å². The zero-order valence-corrected chi connectivity index (χ0v) is 61.0. The van der Waals surface area contributed by atoms with Crippen LogP contribution >= 0.6 is 0 Å². The molecule has 7 heterocycles. The van der Waals surface area contributed by atoms with Crippen molar-refractivity contribution in [3.05, 3.63) is 94.5 Å². The molecular weight excluding hydrogens is 1240 g/mol. The van der Waals surface area contributed by atoms with Gasteiger partial charge in [0.2, 0.25) is 0 Å². The Bertz CT molecular complexity index is 3770. The molecule has 4 amide bonds. The second-order valence-corrected chi connectivity index (χ2v) is 31.2. The van der Waals surface area contributed by atoms with E-state index < -0.39 is 0 Å². The van der Waals surface area contributed by atoms with E-state index in [0.29, 0.717) is 84.6 Å². The Morgan fingerprint density at radius 2 is 0.684 bits per heavy atom. The van der Waals surface area contributed by atoms with Crippen LogP contribution in [0.2, 0.25) is 0 Å². The summed E-state index contributed by atoms with van der Waals surface area (Å²) in [6.07, 6.45) is 52.4. The van der Waals surface area contributed by atoms with E-state index in [9.17, 15) is 0 Å². The molecule has 2 atom stereocenters. The molecule has 95 heavy (non-hydrogen) atoms. The van der Waals surface area contributed by atoms with Crippen LogP contribution in [0, 0.1) is 25.7 Å². The van der Waals surface area contributed by atoms with Crippen LogP contribution in [-0.2, 0) is 0 Å². The molecule has 0 bridgehead atoms. The van der Waals surface area contributed by atoms with Gasteiger partial charge in [-0.1, -0.05) is 259 Å². The van der Waals surface area contributed by atoms with Gasteiger partial charge < -0.3 is 0 Å². The number of unbranched alkanes of at least 4 members (excludes halogenated alkanes) is 32. The molecule has 512 valence electrons. The average molecular weight is 1350 g/mol. The van der Waals surface area contributed by atoms with Crippen molar-refractivity contribution in [2.75, 3.05) is 13.1 Å². The summed E-state index contributed by atoms with van der Waals surface area (Å²) in [4.78, 5) is 75.6. The van der Waals surface area contributed by atoms with Crippen LogP contribution in [0.1, 0.15) is 337 Å². The summed E-state index contributed by atoms with van der Waals surface area (Å²) < 4.78 is 15.3. The average Bonchev–Trinajstić information content (AvgIpc) is 1.09. The molecule has 2 aliphatic rings. The Balaban J connectivity index is 0.986. The molecule has 0 saturated carbocycles. The first-order valence-corrected chi connectivity index (χ1v) is 40.2. The summed E-state index contributed by atoms with van der Waals surface area (Å²) in [5, 5.41) is 4.01. The maximum absolute atomic E-state index is 15.7. The Labute approximate surface area is 575 Å². The summed E-state index contributed by atoms with van der Waals surface area (Å²) in [6, 6.07) is 16.2. The number of imide groups is 2. The van der Waals surface area contributed by atoms with Gasteiger partial charge in [-0.15, -0.1) is 0 Å². The van der Waals surface area contributed by atoms with Crippen LogP contribution in [0.5, 0.6) is 0 Å². The summed E-state index contributed by atoms with van der Waals surface area (Å²) in [7, 11) is 0. The molecule has 3 aromatic carbocycles. The zero-order valence-electron chi connectivity index (χ0n) is 59.3. The van der Waals surface area contributed by atoms with Crippen LogP contribution in [0.25, 0.3) is 75.1 Å². The predicted molar refractivity (Wildman–Crippen MR) is 396 cm³/mol. The Hall–Kier alpha value is -5.90. The van der Waals surface area contributed by atoms with Gasteiger partial charge >= 0.3 is 295 Å². The van der Waals surface area contributed by atoms with Gasteiger partial charge in [0, 0.05) is 6.54 Å². The number of pyridine rings is 2. The molecule has 0 spiro atoms. The fraction of sp³-hybridized carbons (Fsp3) is 0.595. The molecular formula is C84H114N4O6Se.